The number of hydrogen-bond donors (Lipinski definition) is 0. The fourth-order valence-electron chi connectivity index (χ4n) is 1.50. The van der Waals surface area contributed by atoms with Crippen molar-refractivity contribution >= 4 is 19.2 Å². The SMILES string of the molecule is [B]1N(c2ccncn2)C=CN1c1ccncn1.[Pt]. The predicted molar refractivity (Wildman–Crippen MR) is 63.9 cm³/mol. The first-order valence-corrected chi connectivity index (χ1v) is 5.05. The van der Waals surface area contributed by atoms with E-state index in [2.05, 4.69) is 19.9 Å². The van der Waals surface area contributed by atoms with Crippen LogP contribution in [0.1, 0.15) is 0 Å². The van der Waals surface area contributed by atoms with Gasteiger partial charge in [-0.2, -0.15) is 0 Å². The summed E-state index contributed by atoms with van der Waals surface area (Å²) in [5.41, 5.74) is 0. The van der Waals surface area contributed by atoms with Crippen LogP contribution >= 0.6 is 0 Å². The van der Waals surface area contributed by atoms with Crippen LogP contribution in [-0.2, 0) is 21.1 Å². The van der Waals surface area contributed by atoms with E-state index < -0.39 is 0 Å². The van der Waals surface area contributed by atoms with Crippen molar-refractivity contribution in [3.8, 4) is 0 Å². The Kier molecular flexibility index (Phi) is 4.04. The Hall–Kier alpha value is -1.75. The summed E-state index contributed by atoms with van der Waals surface area (Å²) in [6.07, 6.45) is 10.3. The molecular weight excluding hydrogens is 410 g/mol. The average molecular weight is 418 g/mol. The molecule has 2 aromatic heterocycles. The molecule has 0 atom stereocenters. The topological polar surface area (TPSA) is 58.0 Å². The monoisotopic (exact) mass is 418 g/mol. The van der Waals surface area contributed by atoms with E-state index in [4.69, 9.17) is 0 Å². The molecular formula is C10H8BN6Pt. The van der Waals surface area contributed by atoms with Gasteiger partial charge < -0.3 is 9.62 Å². The van der Waals surface area contributed by atoms with Crippen LogP contribution in [0.25, 0.3) is 0 Å². The van der Waals surface area contributed by atoms with E-state index >= 15 is 0 Å². The van der Waals surface area contributed by atoms with E-state index in [1.165, 1.54) is 12.7 Å². The third kappa shape index (κ3) is 2.56. The van der Waals surface area contributed by atoms with Crippen LogP contribution in [0, 0.1) is 0 Å². The van der Waals surface area contributed by atoms with Gasteiger partial charge in [-0.1, -0.05) is 0 Å². The molecule has 0 amide bonds. The Morgan fingerprint density at radius 3 is 1.72 bits per heavy atom. The van der Waals surface area contributed by atoms with E-state index in [0.717, 1.165) is 11.6 Å². The Morgan fingerprint density at radius 1 is 0.833 bits per heavy atom. The van der Waals surface area contributed by atoms with Crippen molar-refractivity contribution in [1.82, 2.24) is 19.9 Å². The first kappa shape index (κ1) is 12.7. The van der Waals surface area contributed by atoms with Crippen LogP contribution in [0.3, 0.4) is 0 Å². The quantitative estimate of drug-likeness (QED) is 0.667. The van der Waals surface area contributed by atoms with Crippen LogP contribution in [0.4, 0.5) is 11.6 Å². The first-order valence-electron chi connectivity index (χ1n) is 5.05. The number of nitrogens with zero attached hydrogens (tertiary/aromatic N) is 6. The van der Waals surface area contributed by atoms with Crippen molar-refractivity contribution in [2.75, 3.05) is 9.62 Å². The molecule has 0 N–H and O–H groups in total. The molecule has 0 unspecified atom stereocenters. The maximum Gasteiger partial charge on any atom is 0.402 e. The summed E-state index contributed by atoms with van der Waals surface area (Å²) < 4.78 is 0. The molecule has 8 heteroatoms. The molecule has 3 rings (SSSR count). The minimum Gasteiger partial charge on any atom is -0.358 e. The van der Waals surface area contributed by atoms with Gasteiger partial charge in [-0.3, -0.25) is 0 Å². The summed E-state index contributed by atoms with van der Waals surface area (Å²) in [5.74, 6) is 1.63. The standard InChI is InChI=1S/C10H8BN6.Pt/c1-3-12-7-14-9(1)16-5-6-17(11-16)10-2-4-13-8-15-10;/h1-8H;. The van der Waals surface area contributed by atoms with Gasteiger partial charge in [-0.25, -0.2) is 19.9 Å². The second-order valence-electron chi connectivity index (χ2n) is 3.36. The molecule has 0 aromatic carbocycles. The number of aromatic nitrogens is 4. The average Bonchev–Trinajstić information content (AvgIpc) is 2.90. The normalized spacial score (nSPS) is 13.1. The Morgan fingerprint density at radius 2 is 1.33 bits per heavy atom. The van der Waals surface area contributed by atoms with Gasteiger partial charge in [0.15, 0.2) is 0 Å². The van der Waals surface area contributed by atoms with Crippen LogP contribution in [0.2, 0.25) is 0 Å². The van der Waals surface area contributed by atoms with Gasteiger partial charge in [0, 0.05) is 45.9 Å². The smallest absolute Gasteiger partial charge is 0.358 e. The van der Waals surface area contributed by atoms with Gasteiger partial charge in [-0.15, -0.1) is 0 Å². The molecule has 3 heterocycles. The van der Waals surface area contributed by atoms with E-state index in [-0.39, 0.29) is 21.1 Å². The van der Waals surface area contributed by atoms with Crippen LogP contribution in [0.15, 0.2) is 49.6 Å². The summed E-state index contributed by atoms with van der Waals surface area (Å²) in [6.45, 7) is 0. The molecule has 18 heavy (non-hydrogen) atoms. The van der Waals surface area contributed by atoms with Gasteiger partial charge >= 0.3 is 7.55 Å². The summed E-state index contributed by atoms with van der Waals surface area (Å²) >= 11 is 0. The van der Waals surface area contributed by atoms with E-state index in [9.17, 15) is 0 Å². The Labute approximate surface area is 119 Å². The van der Waals surface area contributed by atoms with E-state index in [1.54, 1.807) is 12.4 Å². The van der Waals surface area contributed by atoms with Gasteiger partial charge in [0.25, 0.3) is 0 Å². The molecule has 2 aromatic rings. The zero-order chi connectivity index (χ0) is 11.5. The van der Waals surface area contributed by atoms with Gasteiger partial charge in [-0.05, 0) is 12.1 Å². The van der Waals surface area contributed by atoms with Crippen molar-refractivity contribution in [2.24, 2.45) is 0 Å². The minimum atomic E-state index is 0. The fourth-order valence-corrected chi connectivity index (χ4v) is 1.50. The molecule has 0 aliphatic carbocycles. The molecule has 0 fully saturated rings. The maximum atomic E-state index is 4.16. The number of anilines is 2. The third-order valence-electron chi connectivity index (χ3n) is 2.30. The van der Waals surface area contributed by atoms with Crippen LogP contribution in [0.5, 0.6) is 0 Å². The van der Waals surface area contributed by atoms with Crippen molar-refractivity contribution in [3.63, 3.8) is 0 Å². The fraction of sp³-hybridized carbons (Fsp3) is 0. The van der Waals surface area contributed by atoms with E-state index in [0.29, 0.717) is 0 Å². The van der Waals surface area contributed by atoms with Gasteiger partial charge in [0.2, 0.25) is 0 Å². The van der Waals surface area contributed by atoms with Gasteiger partial charge in [0.1, 0.15) is 24.3 Å². The molecule has 0 bridgehead atoms. The molecule has 1 radical (unpaired) electrons. The Bertz CT molecular complexity index is 475. The summed E-state index contributed by atoms with van der Waals surface area (Å²) in [4.78, 5) is 19.9. The second-order valence-corrected chi connectivity index (χ2v) is 3.36. The molecule has 1 aliphatic heterocycles. The molecule has 6 nitrogen and oxygen atoms in total. The Balaban J connectivity index is 0.00000120. The van der Waals surface area contributed by atoms with Crippen molar-refractivity contribution in [1.29, 1.82) is 0 Å². The second kappa shape index (κ2) is 5.73. The summed E-state index contributed by atoms with van der Waals surface area (Å²) in [6, 6.07) is 3.68. The largest absolute Gasteiger partial charge is 0.402 e. The predicted octanol–water partition coefficient (Wildman–Crippen LogP) is 0.596. The third-order valence-corrected chi connectivity index (χ3v) is 2.30. The van der Waals surface area contributed by atoms with Crippen molar-refractivity contribution in [3.05, 3.63) is 49.6 Å². The van der Waals surface area contributed by atoms with Gasteiger partial charge in [0.05, 0.1) is 0 Å². The minimum absolute atomic E-state index is 0. The summed E-state index contributed by atoms with van der Waals surface area (Å²) in [5, 5.41) is 0. The summed E-state index contributed by atoms with van der Waals surface area (Å²) in [7, 11) is 1.89. The molecule has 0 saturated carbocycles. The van der Waals surface area contributed by atoms with Crippen LogP contribution < -0.4 is 9.62 Å². The van der Waals surface area contributed by atoms with Crippen molar-refractivity contribution in [2.45, 2.75) is 0 Å². The molecule has 91 valence electrons. The first-order chi connectivity index (χ1) is 8.43. The maximum absolute atomic E-state index is 4.16. The zero-order valence-electron chi connectivity index (χ0n) is 9.20. The van der Waals surface area contributed by atoms with Crippen molar-refractivity contribution < 1.29 is 21.1 Å². The number of hydrogen-bond acceptors (Lipinski definition) is 6. The molecule has 1 aliphatic rings. The zero-order valence-corrected chi connectivity index (χ0v) is 11.5. The van der Waals surface area contributed by atoms with Crippen LogP contribution in [-0.4, -0.2) is 27.5 Å². The number of rotatable bonds is 2. The van der Waals surface area contributed by atoms with E-state index in [1.807, 2.05) is 41.7 Å². The molecule has 0 spiro atoms. The molecule has 0 saturated heterocycles.